The second-order valence-electron chi connectivity index (χ2n) is 4.91. The molecule has 1 heterocycles. The topological polar surface area (TPSA) is 25.2 Å². The summed E-state index contributed by atoms with van der Waals surface area (Å²) < 4.78 is 5.30. The molecule has 1 atom stereocenters. The van der Waals surface area contributed by atoms with Gasteiger partial charge in [0.2, 0.25) is 0 Å². The number of rotatable bonds is 6. The molecule has 3 heteroatoms. The lowest BCUT2D eigenvalue weighted by molar-refractivity contribution is 0.484. The fourth-order valence-corrected chi connectivity index (χ4v) is 3.03. The third-order valence-electron chi connectivity index (χ3n) is 2.97. The van der Waals surface area contributed by atoms with E-state index in [0.717, 1.165) is 18.8 Å². The van der Waals surface area contributed by atoms with E-state index in [1.165, 1.54) is 16.0 Å². The lowest BCUT2D eigenvalue weighted by Crippen LogP contribution is -2.22. The maximum Gasteiger partial charge on any atom is 0.117 e. The van der Waals surface area contributed by atoms with E-state index < -0.39 is 0 Å². The van der Waals surface area contributed by atoms with Crippen molar-refractivity contribution >= 4 is 11.8 Å². The van der Waals surface area contributed by atoms with Gasteiger partial charge in [0.05, 0.1) is 12.8 Å². The summed E-state index contributed by atoms with van der Waals surface area (Å²) in [5.74, 6) is 0.990. The van der Waals surface area contributed by atoms with Gasteiger partial charge in [-0.25, -0.2) is 0 Å². The van der Waals surface area contributed by atoms with E-state index in [1.54, 1.807) is 6.26 Å². The summed E-state index contributed by atoms with van der Waals surface area (Å²) in [6.07, 6.45) is 1.71. The van der Waals surface area contributed by atoms with Gasteiger partial charge in [0.15, 0.2) is 0 Å². The van der Waals surface area contributed by atoms with Crippen LogP contribution in [0.5, 0.6) is 0 Å². The number of nitrogens with one attached hydrogen (secondary N) is 1. The first kappa shape index (κ1) is 14.2. The van der Waals surface area contributed by atoms with E-state index in [1.807, 2.05) is 23.9 Å². The Kier molecular flexibility index (Phi) is 5.11. The van der Waals surface area contributed by atoms with Gasteiger partial charge in [0, 0.05) is 16.7 Å². The number of thioether (sulfide) groups is 1. The molecule has 102 valence electrons. The van der Waals surface area contributed by atoms with Crippen LogP contribution in [0.3, 0.4) is 0 Å². The molecule has 0 amide bonds. The molecule has 1 aromatic heterocycles. The Morgan fingerprint density at radius 3 is 2.79 bits per heavy atom. The normalized spacial score (nSPS) is 12.6. The first-order valence-corrected chi connectivity index (χ1v) is 7.50. The van der Waals surface area contributed by atoms with Crippen molar-refractivity contribution in [1.29, 1.82) is 0 Å². The zero-order chi connectivity index (χ0) is 13.7. The highest BCUT2D eigenvalue weighted by molar-refractivity contribution is 8.00. The lowest BCUT2D eigenvalue weighted by atomic mass is 10.2. The molecule has 2 aromatic rings. The fraction of sp³-hybridized carbons (Fsp3) is 0.375. The average molecular weight is 275 g/mol. The van der Waals surface area contributed by atoms with Crippen LogP contribution < -0.4 is 5.32 Å². The third kappa shape index (κ3) is 4.44. The second kappa shape index (κ2) is 6.83. The summed E-state index contributed by atoms with van der Waals surface area (Å²) >= 11 is 1.92. The predicted octanol–water partition coefficient (Wildman–Crippen LogP) is 4.17. The van der Waals surface area contributed by atoms with Crippen LogP contribution in [-0.4, -0.2) is 11.8 Å². The molecule has 0 bridgehead atoms. The number of hydrogen-bond donors (Lipinski definition) is 1. The summed E-state index contributed by atoms with van der Waals surface area (Å²) in [5.41, 5.74) is 2.69. The molecule has 0 aliphatic carbocycles. The Hall–Kier alpha value is -1.19. The highest BCUT2D eigenvalue weighted by atomic mass is 32.2. The van der Waals surface area contributed by atoms with Crippen molar-refractivity contribution in [3.05, 3.63) is 53.5 Å². The highest BCUT2D eigenvalue weighted by Gasteiger charge is 2.07. The van der Waals surface area contributed by atoms with Gasteiger partial charge in [-0.1, -0.05) is 24.6 Å². The van der Waals surface area contributed by atoms with Crippen molar-refractivity contribution in [3.63, 3.8) is 0 Å². The zero-order valence-corrected chi connectivity index (χ0v) is 12.6. The Labute approximate surface area is 119 Å². The number of hydrogen-bond acceptors (Lipinski definition) is 3. The van der Waals surface area contributed by atoms with Gasteiger partial charge in [-0.05, 0) is 37.6 Å². The van der Waals surface area contributed by atoms with E-state index in [0.29, 0.717) is 5.25 Å². The quantitative estimate of drug-likeness (QED) is 0.801. The Balaban J connectivity index is 1.79. The predicted molar refractivity (Wildman–Crippen MR) is 81.6 cm³/mol. The third-order valence-corrected chi connectivity index (χ3v) is 4.25. The van der Waals surface area contributed by atoms with Crippen LogP contribution in [0.2, 0.25) is 0 Å². The molecule has 0 spiro atoms. The van der Waals surface area contributed by atoms with Crippen LogP contribution in [0, 0.1) is 13.8 Å². The van der Waals surface area contributed by atoms with Crippen LogP contribution in [0.15, 0.2) is 45.9 Å². The Bertz CT molecular complexity index is 507. The maximum atomic E-state index is 5.30. The highest BCUT2D eigenvalue weighted by Crippen LogP contribution is 2.26. The standard InChI is InChI=1S/C16H21NOS/c1-12-6-7-16(13(2)9-12)19-14(3)10-17-11-15-5-4-8-18-15/h4-9,14,17H,10-11H2,1-3H3. The lowest BCUT2D eigenvalue weighted by Gasteiger charge is -2.14. The van der Waals surface area contributed by atoms with Crippen LogP contribution in [0.25, 0.3) is 0 Å². The molecule has 0 radical (unpaired) electrons. The van der Waals surface area contributed by atoms with Gasteiger partial charge in [0.25, 0.3) is 0 Å². The molecule has 0 aliphatic rings. The molecule has 2 rings (SSSR count). The first-order valence-electron chi connectivity index (χ1n) is 6.62. The average Bonchev–Trinajstić information content (AvgIpc) is 2.86. The number of furan rings is 1. The van der Waals surface area contributed by atoms with Gasteiger partial charge in [0.1, 0.15) is 5.76 Å². The molecular weight excluding hydrogens is 254 g/mol. The molecule has 19 heavy (non-hydrogen) atoms. The zero-order valence-electron chi connectivity index (χ0n) is 11.8. The minimum atomic E-state index is 0.538. The largest absolute Gasteiger partial charge is 0.468 e. The van der Waals surface area contributed by atoms with Gasteiger partial charge >= 0.3 is 0 Å². The molecule has 2 nitrogen and oxygen atoms in total. The van der Waals surface area contributed by atoms with Crippen molar-refractivity contribution in [2.75, 3.05) is 6.54 Å². The van der Waals surface area contributed by atoms with Crippen LogP contribution in [0.4, 0.5) is 0 Å². The van der Waals surface area contributed by atoms with Crippen molar-refractivity contribution in [2.45, 2.75) is 37.5 Å². The van der Waals surface area contributed by atoms with Crippen LogP contribution in [0.1, 0.15) is 23.8 Å². The first-order chi connectivity index (χ1) is 9.15. The molecular formula is C16H21NOS. The van der Waals surface area contributed by atoms with Gasteiger partial charge < -0.3 is 9.73 Å². The minimum absolute atomic E-state index is 0.538. The molecule has 0 aliphatic heterocycles. The van der Waals surface area contributed by atoms with E-state index in [9.17, 15) is 0 Å². The van der Waals surface area contributed by atoms with E-state index in [2.05, 4.69) is 44.3 Å². The van der Waals surface area contributed by atoms with E-state index >= 15 is 0 Å². The number of aryl methyl sites for hydroxylation is 2. The molecule has 0 fully saturated rings. The van der Waals surface area contributed by atoms with E-state index in [-0.39, 0.29) is 0 Å². The summed E-state index contributed by atoms with van der Waals surface area (Å²) in [7, 11) is 0. The Morgan fingerprint density at radius 2 is 2.11 bits per heavy atom. The smallest absolute Gasteiger partial charge is 0.117 e. The van der Waals surface area contributed by atoms with E-state index in [4.69, 9.17) is 4.42 Å². The number of benzene rings is 1. The summed E-state index contributed by atoms with van der Waals surface area (Å²) in [6, 6.07) is 10.6. The van der Waals surface area contributed by atoms with Crippen molar-refractivity contribution in [3.8, 4) is 0 Å². The second-order valence-corrected chi connectivity index (χ2v) is 6.39. The molecule has 1 aromatic carbocycles. The molecule has 0 saturated heterocycles. The van der Waals surface area contributed by atoms with Gasteiger partial charge in [-0.3, -0.25) is 0 Å². The maximum absolute atomic E-state index is 5.30. The summed E-state index contributed by atoms with van der Waals surface area (Å²) in [4.78, 5) is 1.37. The fourth-order valence-electron chi connectivity index (χ4n) is 2.00. The van der Waals surface area contributed by atoms with Gasteiger partial charge in [-0.15, -0.1) is 11.8 Å². The summed E-state index contributed by atoms with van der Waals surface area (Å²) in [5, 5.41) is 3.96. The van der Waals surface area contributed by atoms with Crippen LogP contribution >= 0.6 is 11.8 Å². The molecule has 1 N–H and O–H groups in total. The molecule has 0 saturated carbocycles. The van der Waals surface area contributed by atoms with Crippen molar-refractivity contribution in [1.82, 2.24) is 5.32 Å². The molecule has 1 unspecified atom stereocenters. The van der Waals surface area contributed by atoms with Crippen LogP contribution in [-0.2, 0) is 6.54 Å². The summed E-state index contributed by atoms with van der Waals surface area (Å²) in [6.45, 7) is 8.33. The minimum Gasteiger partial charge on any atom is -0.468 e. The van der Waals surface area contributed by atoms with Crippen molar-refractivity contribution in [2.24, 2.45) is 0 Å². The van der Waals surface area contributed by atoms with Crippen molar-refractivity contribution < 1.29 is 4.42 Å². The SMILES string of the molecule is Cc1ccc(SC(C)CNCc2ccco2)c(C)c1. The monoisotopic (exact) mass is 275 g/mol. The Morgan fingerprint density at radius 1 is 1.26 bits per heavy atom. The van der Waals surface area contributed by atoms with Gasteiger partial charge in [-0.2, -0.15) is 0 Å².